The quantitative estimate of drug-likeness (QED) is 0.206. The lowest BCUT2D eigenvalue weighted by atomic mass is 9.99. The number of para-hydroxylation sites is 4. The summed E-state index contributed by atoms with van der Waals surface area (Å²) in [5, 5.41) is 7.30. The van der Waals surface area contributed by atoms with Gasteiger partial charge in [-0.15, -0.1) is 0 Å². The Balaban J connectivity index is 1.28. The second kappa shape index (κ2) is 9.22. The highest BCUT2D eigenvalue weighted by molar-refractivity contribution is 6.23. The minimum atomic E-state index is 0.913. The molecule has 0 saturated heterocycles. The van der Waals surface area contributed by atoms with E-state index in [1.54, 1.807) is 0 Å². The van der Waals surface area contributed by atoms with Gasteiger partial charge < -0.3 is 13.6 Å². The van der Waals surface area contributed by atoms with Gasteiger partial charge in [0.1, 0.15) is 11.2 Å². The normalized spacial score (nSPS) is 12.0. The molecule has 0 amide bonds. The third-order valence-corrected chi connectivity index (χ3v) is 9.32. The highest BCUT2D eigenvalue weighted by atomic mass is 16.3. The van der Waals surface area contributed by atoms with Crippen LogP contribution in [0.15, 0.2) is 162 Å². The maximum atomic E-state index is 6.20. The molecule has 3 nitrogen and oxygen atoms in total. The molecule has 0 atom stereocenters. The molecule has 0 aliphatic rings. The Labute approximate surface area is 258 Å². The Hall–Kier alpha value is -6.06. The molecule has 10 rings (SSSR count). The van der Waals surface area contributed by atoms with Gasteiger partial charge in [0.05, 0.1) is 22.1 Å². The molecule has 0 radical (unpaired) electrons. The first kappa shape index (κ1) is 24.4. The van der Waals surface area contributed by atoms with E-state index in [-0.39, 0.29) is 0 Å². The third-order valence-electron chi connectivity index (χ3n) is 9.32. The van der Waals surface area contributed by atoms with Gasteiger partial charge in [0, 0.05) is 43.7 Å². The number of hydrogen-bond donors (Lipinski definition) is 0. The molecule has 0 saturated carbocycles. The van der Waals surface area contributed by atoms with Crippen molar-refractivity contribution in [2.45, 2.75) is 0 Å². The average molecular weight is 575 g/mol. The van der Waals surface area contributed by atoms with E-state index in [1.165, 1.54) is 54.7 Å². The molecule has 0 fully saturated rings. The molecule has 3 aromatic heterocycles. The lowest BCUT2D eigenvalue weighted by molar-refractivity contribution is 0.669. The van der Waals surface area contributed by atoms with Crippen LogP contribution in [0.1, 0.15) is 0 Å². The minimum absolute atomic E-state index is 0.913. The predicted octanol–water partition coefficient (Wildman–Crippen LogP) is 11.4. The fourth-order valence-corrected chi connectivity index (χ4v) is 7.42. The van der Waals surface area contributed by atoms with Crippen LogP contribution >= 0.6 is 0 Å². The zero-order valence-electron chi connectivity index (χ0n) is 24.3. The Morgan fingerprint density at radius 3 is 1.56 bits per heavy atom. The molecule has 210 valence electrons. The van der Waals surface area contributed by atoms with Gasteiger partial charge >= 0.3 is 0 Å². The van der Waals surface area contributed by atoms with E-state index in [0.29, 0.717) is 0 Å². The topological polar surface area (TPSA) is 23.0 Å². The van der Waals surface area contributed by atoms with Crippen molar-refractivity contribution in [3.8, 4) is 22.5 Å². The van der Waals surface area contributed by atoms with Crippen LogP contribution in [0.2, 0.25) is 0 Å². The molecule has 0 spiro atoms. The fourth-order valence-electron chi connectivity index (χ4n) is 7.42. The summed E-state index contributed by atoms with van der Waals surface area (Å²) >= 11 is 0. The van der Waals surface area contributed by atoms with Crippen LogP contribution in [0.5, 0.6) is 0 Å². The first-order valence-corrected chi connectivity index (χ1v) is 15.4. The van der Waals surface area contributed by atoms with Gasteiger partial charge in [0.25, 0.3) is 0 Å². The van der Waals surface area contributed by atoms with Crippen LogP contribution in [-0.2, 0) is 0 Å². The number of rotatable bonds is 3. The maximum absolute atomic E-state index is 6.20. The summed E-state index contributed by atoms with van der Waals surface area (Å²) in [5.41, 5.74) is 11.3. The summed E-state index contributed by atoms with van der Waals surface area (Å²) in [5.74, 6) is 0. The number of benzene rings is 7. The van der Waals surface area contributed by atoms with Crippen molar-refractivity contribution in [3.05, 3.63) is 158 Å². The zero-order chi connectivity index (χ0) is 29.5. The minimum Gasteiger partial charge on any atom is -0.456 e. The van der Waals surface area contributed by atoms with Crippen LogP contribution < -0.4 is 0 Å². The van der Waals surface area contributed by atoms with Crippen molar-refractivity contribution in [1.29, 1.82) is 0 Å². The largest absolute Gasteiger partial charge is 0.456 e. The number of fused-ring (bicyclic) bond motifs is 10. The molecule has 3 heteroatoms. The lowest BCUT2D eigenvalue weighted by Gasteiger charge is -2.13. The zero-order valence-corrected chi connectivity index (χ0v) is 24.3. The molecule has 45 heavy (non-hydrogen) atoms. The summed E-state index contributed by atoms with van der Waals surface area (Å²) in [7, 11) is 0. The van der Waals surface area contributed by atoms with E-state index in [0.717, 1.165) is 33.3 Å². The van der Waals surface area contributed by atoms with Crippen molar-refractivity contribution in [1.82, 2.24) is 9.13 Å². The SMILES string of the molecule is c1ccc(-n2c3ccccc3c3ccc4c5ccccc5n(-c5ccc(-c6cccc7oc8ccccc8c67)cc5)c4c32)cc1. The van der Waals surface area contributed by atoms with Crippen LogP contribution in [0.4, 0.5) is 0 Å². The van der Waals surface area contributed by atoms with Crippen LogP contribution in [0, 0.1) is 0 Å². The number of hydrogen-bond acceptors (Lipinski definition) is 1. The van der Waals surface area contributed by atoms with Crippen LogP contribution in [-0.4, -0.2) is 9.13 Å². The molecule has 0 unspecified atom stereocenters. The van der Waals surface area contributed by atoms with Crippen molar-refractivity contribution >= 4 is 65.6 Å². The third kappa shape index (κ3) is 3.41. The Bertz CT molecular complexity index is 2740. The molecule has 10 aromatic rings. The van der Waals surface area contributed by atoms with Crippen molar-refractivity contribution in [2.24, 2.45) is 0 Å². The van der Waals surface area contributed by atoms with E-state index in [1.807, 2.05) is 12.1 Å². The van der Waals surface area contributed by atoms with E-state index >= 15 is 0 Å². The van der Waals surface area contributed by atoms with Crippen molar-refractivity contribution < 1.29 is 4.42 Å². The summed E-state index contributed by atoms with van der Waals surface area (Å²) < 4.78 is 11.1. The van der Waals surface area contributed by atoms with Gasteiger partial charge in [-0.3, -0.25) is 0 Å². The van der Waals surface area contributed by atoms with Gasteiger partial charge in [0.2, 0.25) is 0 Å². The van der Waals surface area contributed by atoms with Gasteiger partial charge in [0.15, 0.2) is 0 Å². The fraction of sp³-hybridized carbons (Fsp3) is 0. The van der Waals surface area contributed by atoms with E-state index in [9.17, 15) is 0 Å². The van der Waals surface area contributed by atoms with Gasteiger partial charge in [-0.1, -0.05) is 109 Å². The number of aromatic nitrogens is 2. The standard InChI is InChI=1S/C42H26N2O/c1-2-11-28(12-3-1)43-36-17-7-4-13-31(36)33-25-26-34-32-14-5-8-18-37(32)44(42(34)41(33)43)29-23-21-27(22-24-29)30-16-10-20-39-40(30)35-15-6-9-19-38(35)45-39/h1-26H. The van der Waals surface area contributed by atoms with Crippen molar-refractivity contribution in [2.75, 3.05) is 0 Å². The molecule has 7 aromatic carbocycles. The molecule has 0 bridgehead atoms. The number of furan rings is 1. The molecular weight excluding hydrogens is 548 g/mol. The van der Waals surface area contributed by atoms with Crippen LogP contribution in [0.3, 0.4) is 0 Å². The second-order valence-corrected chi connectivity index (χ2v) is 11.7. The van der Waals surface area contributed by atoms with Gasteiger partial charge in [-0.2, -0.15) is 0 Å². The van der Waals surface area contributed by atoms with E-state index in [2.05, 4.69) is 155 Å². The maximum Gasteiger partial charge on any atom is 0.136 e. The summed E-state index contributed by atoms with van der Waals surface area (Å²) in [6, 6.07) is 56.5. The van der Waals surface area contributed by atoms with Gasteiger partial charge in [-0.05, 0) is 59.7 Å². The summed E-state index contributed by atoms with van der Waals surface area (Å²) in [6.45, 7) is 0. The summed E-state index contributed by atoms with van der Waals surface area (Å²) in [6.07, 6.45) is 0. The average Bonchev–Trinajstić information content (AvgIpc) is 3.76. The smallest absolute Gasteiger partial charge is 0.136 e. The second-order valence-electron chi connectivity index (χ2n) is 11.7. The van der Waals surface area contributed by atoms with Gasteiger partial charge in [-0.25, -0.2) is 0 Å². The lowest BCUT2D eigenvalue weighted by Crippen LogP contribution is -1.98. The van der Waals surface area contributed by atoms with Crippen molar-refractivity contribution in [3.63, 3.8) is 0 Å². The molecule has 0 N–H and O–H groups in total. The predicted molar refractivity (Wildman–Crippen MR) is 188 cm³/mol. The Morgan fingerprint density at radius 2 is 0.889 bits per heavy atom. The first-order valence-electron chi connectivity index (χ1n) is 15.4. The van der Waals surface area contributed by atoms with E-state index in [4.69, 9.17) is 4.42 Å². The Morgan fingerprint density at radius 1 is 0.356 bits per heavy atom. The molecule has 0 aliphatic heterocycles. The highest BCUT2D eigenvalue weighted by Crippen LogP contribution is 2.42. The Kier molecular flexibility index (Phi) is 5.00. The van der Waals surface area contributed by atoms with E-state index < -0.39 is 0 Å². The number of nitrogens with zero attached hydrogens (tertiary/aromatic N) is 2. The monoisotopic (exact) mass is 574 g/mol. The van der Waals surface area contributed by atoms with Crippen LogP contribution in [0.25, 0.3) is 88.1 Å². The highest BCUT2D eigenvalue weighted by Gasteiger charge is 2.21. The molecular formula is C42H26N2O. The molecule has 3 heterocycles. The molecule has 0 aliphatic carbocycles. The summed E-state index contributed by atoms with van der Waals surface area (Å²) in [4.78, 5) is 0. The first-order chi connectivity index (χ1) is 22.3.